The molecular weight excluding hydrogens is 454 g/mol. The van der Waals surface area contributed by atoms with Crippen molar-refractivity contribution in [2.45, 2.75) is 52.1 Å². The van der Waals surface area contributed by atoms with Crippen molar-refractivity contribution in [3.05, 3.63) is 29.6 Å². The molecule has 0 bridgehead atoms. The van der Waals surface area contributed by atoms with Crippen LogP contribution in [-0.4, -0.2) is 96.0 Å². The van der Waals surface area contributed by atoms with Crippen LogP contribution in [0.4, 0.5) is 0 Å². The smallest absolute Gasteiger partial charge is 0.313 e. The van der Waals surface area contributed by atoms with Crippen molar-refractivity contribution >= 4 is 18.9 Å². The molecule has 2 saturated heterocycles. The van der Waals surface area contributed by atoms with E-state index in [1.165, 1.54) is 0 Å². The number of ether oxygens (including phenoxy) is 2. The highest BCUT2D eigenvalue weighted by Gasteiger charge is 2.53. The van der Waals surface area contributed by atoms with E-state index in [1.54, 1.807) is 0 Å². The van der Waals surface area contributed by atoms with Gasteiger partial charge in [-0.25, -0.2) is 0 Å². The van der Waals surface area contributed by atoms with Crippen LogP contribution in [0.5, 0.6) is 0 Å². The highest BCUT2D eigenvalue weighted by atomic mass is 16.5. The highest BCUT2D eigenvalue weighted by molar-refractivity contribution is 5.78. The number of pyridine rings is 1. The maximum Gasteiger partial charge on any atom is 0.313 e. The van der Waals surface area contributed by atoms with Gasteiger partial charge in [-0.3, -0.25) is 29.2 Å². The number of carboxylic acid groups (broad SMARTS) is 2. The van der Waals surface area contributed by atoms with Gasteiger partial charge in [0.05, 0.1) is 30.9 Å². The molecule has 4 rings (SSSR count). The van der Waals surface area contributed by atoms with Crippen molar-refractivity contribution in [1.29, 1.82) is 0 Å². The van der Waals surface area contributed by atoms with E-state index in [0.717, 1.165) is 83.0 Å². The summed E-state index contributed by atoms with van der Waals surface area (Å²) in [6.07, 6.45) is 4.17. The van der Waals surface area contributed by atoms with E-state index in [1.807, 2.05) is 19.9 Å². The SMILES string of the molecule is CCOC(=O)[C@@]12CC[C@H](N3CCOCC3)C[C@H]1CCN(Cc1cccc(C)n1)C2.O=CO.O=CO. The van der Waals surface area contributed by atoms with Crippen LogP contribution < -0.4 is 0 Å². The number of hydrogen-bond donors (Lipinski definition) is 2. The molecule has 1 aromatic heterocycles. The van der Waals surface area contributed by atoms with Gasteiger partial charge in [-0.1, -0.05) is 6.07 Å². The van der Waals surface area contributed by atoms with Crippen LogP contribution in [0.3, 0.4) is 0 Å². The number of carbonyl (C=O) groups is 3. The van der Waals surface area contributed by atoms with Crippen molar-refractivity contribution in [1.82, 2.24) is 14.8 Å². The number of nitrogens with zero attached hydrogens (tertiary/aromatic N) is 3. The molecule has 10 nitrogen and oxygen atoms in total. The Morgan fingerprint density at radius 2 is 1.89 bits per heavy atom. The van der Waals surface area contributed by atoms with Crippen LogP contribution in [0.2, 0.25) is 0 Å². The minimum absolute atomic E-state index is 0.0207. The fraction of sp³-hybridized carbons (Fsp3) is 0.680. The number of fused-ring (bicyclic) bond motifs is 1. The molecule has 2 N–H and O–H groups in total. The van der Waals surface area contributed by atoms with Crippen LogP contribution in [0.1, 0.15) is 44.0 Å². The number of morpholine rings is 1. The van der Waals surface area contributed by atoms with Gasteiger partial charge in [-0.2, -0.15) is 0 Å². The molecule has 1 aliphatic carbocycles. The van der Waals surface area contributed by atoms with Gasteiger partial charge in [-0.05, 0) is 64.1 Å². The van der Waals surface area contributed by atoms with Gasteiger partial charge in [0.15, 0.2) is 0 Å². The molecule has 3 fully saturated rings. The summed E-state index contributed by atoms with van der Waals surface area (Å²) in [5.41, 5.74) is 1.77. The number of aryl methyl sites for hydroxylation is 1. The van der Waals surface area contributed by atoms with E-state index in [0.29, 0.717) is 18.6 Å². The predicted molar refractivity (Wildman–Crippen MR) is 129 cm³/mol. The Balaban J connectivity index is 0.000000655. The lowest BCUT2D eigenvalue weighted by Gasteiger charge is -2.52. The molecule has 2 aliphatic heterocycles. The number of piperidine rings is 1. The van der Waals surface area contributed by atoms with Crippen LogP contribution >= 0.6 is 0 Å². The molecule has 10 heteroatoms. The van der Waals surface area contributed by atoms with Crippen molar-refractivity contribution in [3.8, 4) is 0 Å². The first-order valence-electron chi connectivity index (χ1n) is 12.2. The van der Waals surface area contributed by atoms with E-state index in [9.17, 15) is 4.79 Å². The van der Waals surface area contributed by atoms with E-state index < -0.39 is 0 Å². The summed E-state index contributed by atoms with van der Waals surface area (Å²) in [7, 11) is 0. The Bertz CT molecular complexity index is 797. The van der Waals surface area contributed by atoms with Gasteiger partial charge in [-0.15, -0.1) is 0 Å². The van der Waals surface area contributed by atoms with Crippen molar-refractivity contribution in [2.24, 2.45) is 11.3 Å². The van der Waals surface area contributed by atoms with Crippen molar-refractivity contribution in [2.75, 3.05) is 46.0 Å². The average Bonchev–Trinajstić information content (AvgIpc) is 2.85. The second kappa shape index (κ2) is 14.8. The monoisotopic (exact) mass is 493 g/mol. The molecular formula is C25H39N3O7. The van der Waals surface area contributed by atoms with Gasteiger partial charge < -0.3 is 19.7 Å². The minimum Gasteiger partial charge on any atom is -0.483 e. The van der Waals surface area contributed by atoms with Gasteiger partial charge in [0.2, 0.25) is 0 Å². The molecule has 3 heterocycles. The van der Waals surface area contributed by atoms with Crippen LogP contribution in [-0.2, 0) is 30.4 Å². The zero-order valence-electron chi connectivity index (χ0n) is 20.8. The Labute approximate surface area is 207 Å². The molecule has 0 spiro atoms. The molecule has 1 saturated carbocycles. The minimum atomic E-state index is -0.360. The number of esters is 1. The molecule has 35 heavy (non-hydrogen) atoms. The van der Waals surface area contributed by atoms with E-state index in [-0.39, 0.29) is 24.3 Å². The van der Waals surface area contributed by atoms with Crippen molar-refractivity contribution in [3.63, 3.8) is 0 Å². The number of aromatic nitrogens is 1. The standard InChI is InChI=1S/C23H35N3O3.2CH2O2/c1-3-29-22(27)23-9-7-21(26-11-13-28-14-12-26)15-19(23)8-10-25(17-23)16-20-6-4-5-18(2)24-20;2*2-1-3/h4-6,19,21H,3,7-17H2,1-2H3;2*1H,(H,2,3)/t19-,21+,23-;;/m1../s1. The first kappa shape index (κ1) is 28.7. The third-order valence-corrected chi connectivity index (χ3v) is 7.14. The largest absolute Gasteiger partial charge is 0.483 e. The third-order valence-electron chi connectivity index (χ3n) is 7.14. The fourth-order valence-corrected chi connectivity index (χ4v) is 5.65. The Morgan fingerprint density at radius 3 is 2.51 bits per heavy atom. The van der Waals surface area contributed by atoms with E-state index in [2.05, 4.69) is 26.9 Å². The summed E-state index contributed by atoms with van der Waals surface area (Å²) in [5.74, 6) is 0.428. The lowest BCUT2D eigenvalue weighted by atomic mass is 9.61. The van der Waals surface area contributed by atoms with Gasteiger partial charge in [0.25, 0.3) is 12.9 Å². The molecule has 0 aromatic carbocycles. The first-order chi connectivity index (χ1) is 16.9. The summed E-state index contributed by atoms with van der Waals surface area (Å²) in [4.78, 5) is 39.6. The first-order valence-corrected chi connectivity index (χ1v) is 12.2. The normalized spacial score (nSPS) is 26.6. The summed E-state index contributed by atoms with van der Waals surface area (Å²) < 4.78 is 11.2. The summed E-state index contributed by atoms with van der Waals surface area (Å²) >= 11 is 0. The summed E-state index contributed by atoms with van der Waals surface area (Å²) in [6, 6.07) is 6.77. The number of hydrogen-bond acceptors (Lipinski definition) is 8. The van der Waals surface area contributed by atoms with Gasteiger partial charge in [0.1, 0.15) is 0 Å². The molecule has 0 unspecified atom stereocenters. The maximum absolute atomic E-state index is 13.2. The third kappa shape index (κ3) is 7.98. The van der Waals surface area contributed by atoms with E-state index in [4.69, 9.17) is 29.3 Å². The lowest BCUT2D eigenvalue weighted by molar-refractivity contribution is -0.170. The predicted octanol–water partition coefficient (Wildman–Crippen LogP) is 2.05. The van der Waals surface area contributed by atoms with Crippen LogP contribution in [0.15, 0.2) is 18.2 Å². The Hall–Kier alpha value is -2.56. The van der Waals surface area contributed by atoms with Gasteiger partial charge >= 0.3 is 5.97 Å². The van der Waals surface area contributed by atoms with Gasteiger partial charge in [0, 0.05) is 37.9 Å². The van der Waals surface area contributed by atoms with Crippen LogP contribution in [0.25, 0.3) is 0 Å². The second-order valence-electron chi connectivity index (χ2n) is 9.13. The lowest BCUT2D eigenvalue weighted by Crippen LogP contribution is -2.58. The Morgan fingerprint density at radius 1 is 1.20 bits per heavy atom. The quantitative estimate of drug-likeness (QED) is 0.464. The number of likely N-dealkylation sites (tertiary alicyclic amines) is 1. The average molecular weight is 494 g/mol. The molecule has 0 amide bonds. The Kier molecular flexibility index (Phi) is 12.1. The fourth-order valence-electron chi connectivity index (χ4n) is 5.65. The molecule has 3 aliphatic rings. The molecule has 196 valence electrons. The zero-order valence-corrected chi connectivity index (χ0v) is 20.8. The second-order valence-corrected chi connectivity index (χ2v) is 9.13. The molecule has 0 radical (unpaired) electrons. The highest BCUT2D eigenvalue weighted by Crippen LogP contribution is 2.48. The van der Waals surface area contributed by atoms with E-state index >= 15 is 0 Å². The van der Waals surface area contributed by atoms with Crippen LogP contribution in [0, 0.1) is 18.3 Å². The molecule has 1 aromatic rings. The maximum atomic E-state index is 13.2. The number of rotatable bonds is 5. The topological polar surface area (TPSA) is 130 Å². The zero-order chi connectivity index (χ0) is 25.7. The molecule has 3 atom stereocenters. The van der Waals surface area contributed by atoms with Crippen molar-refractivity contribution < 1.29 is 34.1 Å². The summed E-state index contributed by atoms with van der Waals surface area (Å²) in [6.45, 7) is 10.2. The number of carbonyl (C=O) groups excluding carboxylic acids is 1. The summed E-state index contributed by atoms with van der Waals surface area (Å²) in [5, 5.41) is 13.8.